The Labute approximate surface area is 116 Å². The van der Waals surface area contributed by atoms with E-state index in [1.807, 2.05) is 11.4 Å². The van der Waals surface area contributed by atoms with E-state index in [2.05, 4.69) is 15.9 Å². The third kappa shape index (κ3) is 2.44. The molecule has 1 atom stereocenters. The summed E-state index contributed by atoms with van der Waals surface area (Å²) in [6.45, 7) is 0. The molecule has 1 N–H and O–H groups in total. The predicted molar refractivity (Wildman–Crippen MR) is 72.5 cm³/mol. The zero-order chi connectivity index (χ0) is 11.7. The normalized spacial score (nSPS) is 12.8. The Bertz CT molecular complexity index is 512. The van der Waals surface area contributed by atoms with Gasteiger partial charge in [-0.05, 0) is 23.6 Å². The number of hydrogen-bond acceptors (Lipinski definition) is 2. The maximum atomic E-state index is 10.2. The molecule has 2 aromatic rings. The van der Waals surface area contributed by atoms with Gasteiger partial charge in [-0.15, -0.1) is 11.3 Å². The SMILES string of the molecule is OC(c1ccc(Br)cc1Cl)c1sccc1Cl. The van der Waals surface area contributed by atoms with Crippen LogP contribution in [0.1, 0.15) is 16.5 Å². The van der Waals surface area contributed by atoms with Gasteiger partial charge >= 0.3 is 0 Å². The summed E-state index contributed by atoms with van der Waals surface area (Å²) in [6.07, 6.45) is -0.770. The molecular formula is C11H7BrCl2OS. The van der Waals surface area contributed by atoms with Crippen molar-refractivity contribution < 1.29 is 5.11 Å². The van der Waals surface area contributed by atoms with Crippen LogP contribution in [0.2, 0.25) is 10.0 Å². The van der Waals surface area contributed by atoms with Crippen molar-refractivity contribution in [1.29, 1.82) is 0 Å². The Kier molecular flexibility index (Phi) is 3.93. The molecule has 1 aromatic carbocycles. The van der Waals surface area contributed by atoms with Gasteiger partial charge in [0.05, 0.1) is 9.90 Å². The highest BCUT2D eigenvalue weighted by atomic mass is 79.9. The van der Waals surface area contributed by atoms with Crippen molar-refractivity contribution in [2.45, 2.75) is 6.10 Å². The number of rotatable bonds is 2. The molecule has 84 valence electrons. The van der Waals surface area contributed by atoms with Crippen LogP contribution >= 0.6 is 50.5 Å². The van der Waals surface area contributed by atoms with Gasteiger partial charge in [0.1, 0.15) is 6.10 Å². The van der Waals surface area contributed by atoms with E-state index < -0.39 is 6.10 Å². The van der Waals surface area contributed by atoms with Crippen LogP contribution < -0.4 is 0 Å². The van der Waals surface area contributed by atoms with E-state index in [0.29, 0.717) is 20.5 Å². The molecule has 0 aliphatic carbocycles. The Morgan fingerprint density at radius 2 is 1.94 bits per heavy atom. The lowest BCUT2D eigenvalue weighted by atomic mass is 10.1. The van der Waals surface area contributed by atoms with Crippen molar-refractivity contribution >= 4 is 50.5 Å². The fourth-order valence-electron chi connectivity index (χ4n) is 1.37. The monoisotopic (exact) mass is 336 g/mol. The van der Waals surface area contributed by atoms with E-state index in [9.17, 15) is 5.11 Å². The number of aliphatic hydroxyl groups is 1. The van der Waals surface area contributed by atoms with Crippen molar-refractivity contribution in [2.75, 3.05) is 0 Å². The highest BCUT2D eigenvalue weighted by molar-refractivity contribution is 9.10. The van der Waals surface area contributed by atoms with Gasteiger partial charge < -0.3 is 5.11 Å². The summed E-state index contributed by atoms with van der Waals surface area (Å²) in [7, 11) is 0. The predicted octanol–water partition coefficient (Wildman–Crippen LogP) is 4.90. The van der Waals surface area contributed by atoms with Gasteiger partial charge in [0.15, 0.2) is 0 Å². The Hall–Kier alpha value is -0.0600. The molecule has 0 aliphatic rings. The molecule has 1 heterocycles. The van der Waals surface area contributed by atoms with Gasteiger partial charge in [-0.1, -0.05) is 45.2 Å². The largest absolute Gasteiger partial charge is 0.383 e. The molecule has 1 nitrogen and oxygen atoms in total. The van der Waals surface area contributed by atoms with E-state index >= 15 is 0 Å². The molecule has 0 aliphatic heterocycles. The maximum Gasteiger partial charge on any atom is 0.116 e. The van der Waals surface area contributed by atoms with E-state index in [0.717, 1.165) is 4.47 Å². The number of thiophene rings is 1. The van der Waals surface area contributed by atoms with Crippen LogP contribution in [0.5, 0.6) is 0 Å². The molecule has 0 amide bonds. The zero-order valence-electron chi connectivity index (χ0n) is 7.95. The Balaban J connectivity index is 2.41. The molecule has 0 saturated carbocycles. The zero-order valence-corrected chi connectivity index (χ0v) is 11.9. The van der Waals surface area contributed by atoms with Gasteiger partial charge in [-0.25, -0.2) is 0 Å². The van der Waals surface area contributed by atoms with Crippen LogP contribution in [0.4, 0.5) is 0 Å². The summed E-state index contributed by atoms with van der Waals surface area (Å²) in [5, 5.41) is 13.1. The van der Waals surface area contributed by atoms with E-state index in [1.54, 1.807) is 18.2 Å². The first-order chi connectivity index (χ1) is 7.59. The minimum absolute atomic E-state index is 0.520. The molecule has 16 heavy (non-hydrogen) atoms. The van der Waals surface area contributed by atoms with Crippen molar-refractivity contribution in [2.24, 2.45) is 0 Å². The lowest BCUT2D eigenvalue weighted by Crippen LogP contribution is -1.98. The average Bonchev–Trinajstić information content (AvgIpc) is 2.63. The average molecular weight is 338 g/mol. The van der Waals surface area contributed by atoms with Crippen LogP contribution in [-0.4, -0.2) is 5.11 Å². The first kappa shape index (κ1) is 12.4. The number of benzene rings is 1. The van der Waals surface area contributed by atoms with Gasteiger partial charge in [0.2, 0.25) is 0 Å². The molecule has 5 heteroatoms. The molecule has 2 rings (SSSR count). The smallest absolute Gasteiger partial charge is 0.116 e. The molecule has 0 fully saturated rings. The molecular weight excluding hydrogens is 331 g/mol. The highest BCUT2D eigenvalue weighted by Crippen LogP contribution is 2.36. The lowest BCUT2D eigenvalue weighted by molar-refractivity contribution is 0.224. The summed E-state index contributed by atoms with van der Waals surface area (Å²) >= 11 is 16.8. The molecule has 0 radical (unpaired) electrons. The number of hydrogen-bond donors (Lipinski definition) is 1. The minimum atomic E-state index is -0.770. The summed E-state index contributed by atoms with van der Waals surface area (Å²) in [5.74, 6) is 0. The lowest BCUT2D eigenvalue weighted by Gasteiger charge is -2.11. The van der Waals surface area contributed by atoms with E-state index in [1.165, 1.54) is 11.3 Å². The van der Waals surface area contributed by atoms with Gasteiger partial charge in [0, 0.05) is 15.1 Å². The Morgan fingerprint density at radius 3 is 2.50 bits per heavy atom. The summed E-state index contributed by atoms with van der Waals surface area (Å²) in [4.78, 5) is 0.714. The van der Waals surface area contributed by atoms with Crippen LogP contribution in [0.3, 0.4) is 0 Å². The van der Waals surface area contributed by atoms with Gasteiger partial charge in [-0.2, -0.15) is 0 Å². The second-order valence-corrected chi connectivity index (χ2v) is 5.88. The highest BCUT2D eigenvalue weighted by Gasteiger charge is 2.17. The van der Waals surface area contributed by atoms with Crippen molar-refractivity contribution in [1.82, 2.24) is 0 Å². The second kappa shape index (κ2) is 5.07. The first-order valence-electron chi connectivity index (χ1n) is 4.45. The van der Waals surface area contributed by atoms with E-state index in [4.69, 9.17) is 23.2 Å². The van der Waals surface area contributed by atoms with Crippen molar-refractivity contribution in [3.63, 3.8) is 0 Å². The van der Waals surface area contributed by atoms with Crippen LogP contribution in [0.25, 0.3) is 0 Å². The molecule has 0 saturated heterocycles. The molecule has 0 spiro atoms. The van der Waals surface area contributed by atoms with Crippen molar-refractivity contribution in [3.05, 3.63) is 54.6 Å². The van der Waals surface area contributed by atoms with Crippen LogP contribution in [0, 0.1) is 0 Å². The number of aliphatic hydroxyl groups excluding tert-OH is 1. The molecule has 1 unspecified atom stereocenters. The fourth-order valence-corrected chi connectivity index (χ4v) is 3.30. The van der Waals surface area contributed by atoms with Crippen LogP contribution in [0.15, 0.2) is 34.1 Å². The van der Waals surface area contributed by atoms with Gasteiger partial charge in [-0.3, -0.25) is 0 Å². The molecule has 1 aromatic heterocycles. The first-order valence-corrected chi connectivity index (χ1v) is 6.88. The summed E-state index contributed by atoms with van der Waals surface area (Å²) in [6, 6.07) is 7.14. The second-order valence-electron chi connectivity index (χ2n) is 3.20. The third-order valence-electron chi connectivity index (χ3n) is 2.15. The fraction of sp³-hybridized carbons (Fsp3) is 0.0909. The Morgan fingerprint density at radius 1 is 1.19 bits per heavy atom. The third-order valence-corrected chi connectivity index (χ3v) is 4.38. The van der Waals surface area contributed by atoms with E-state index in [-0.39, 0.29) is 0 Å². The maximum absolute atomic E-state index is 10.2. The van der Waals surface area contributed by atoms with Crippen LogP contribution in [-0.2, 0) is 0 Å². The summed E-state index contributed by atoms with van der Waals surface area (Å²) < 4.78 is 0.880. The number of halogens is 3. The minimum Gasteiger partial charge on any atom is -0.383 e. The van der Waals surface area contributed by atoms with Gasteiger partial charge in [0.25, 0.3) is 0 Å². The van der Waals surface area contributed by atoms with Crippen molar-refractivity contribution in [3.8, 4) is 0 Å². The standard InChI is InChI=1S/C11H7BrCl2OS/c12-6-1-2-7(9(14)5-6)10(15)11-8(13)3-4-16-11/h1-5,10,15H. The quantitative estimate of drug-likeness (QED) is 0.826. The molecule has 0 bridgehead atoms. The topological polar surface area (TPSA) is 20.2 Å². The summed E-state index contributed by atoms with van der Waals surface area (Å²) in [5.41, 5.74) is 0.661.